The first-order valence-electron chi connectivity index (χ1n) is 0. The van der Waals surface area contributed by atoms with Crippen LogP contribution in [0.15, 0.2) is 0 Å². The van der Waals surface area contributed by atoms with Crippen LogP contribution in [0.3, 0.4) is 0 Å². The Balaban J connectivity index is 0. The molecule has 0 rings (SSSR count). The first kappa shape index (κ1) is 23.1. The molecule has 0 aromatic carbocycles. The third kappa shape index (κ3) is 10.0. The zero-order valence-electron chi connectivity index (χ0n) is 0.707. The van der Waals surface area contributed by atoms with Crippen LogP contribution in [0.4, 0.5) is 0 Å². The standard InChI is InChI=1S/Ba.Ca.Sr.Zn.6H. The fourth-order valence-corrected chi connectivity index (χ4v) is 0. The Bertz CT molecular complexity index is 8.00. The second-order valence-electron chi connectivity index (χ2n) is 0. The fraction of sp³-hybridized carbons (Fsp3) is 0. The second-order valence-corrected chi connectivity index (χ2v) is 0. The quantitative estimate of drug-likeness (QED) is 0.421. The molecule has 0 aliphatic carbocycles. The number of hydrogen-bond acceptors (Lipinski definition) is 0. The van der Waals surface area contributed by atoms with Crippen molar-refractivity contribution in [3.63, 3.8) is 0 Å². The molecule has 0 N–H and O–H groups in total. The summed E-state index contributed by atoms with van der Waals surface area (Å²) in [5.74, 6) is 0. The maximum absolute atomic E-state index is 0. The van der Waals surface area contributed by atoms with Crippen LogP contribution >= 0.6 is 0 Å². The minimum absolute atomic E-state index is 0. The average molecular weight is 336 g/mol. The van der Waals surface area contributed by atoms with E-state index < -0.39 is 0 Å². The Morgan fingerprint density at radius 2 is 1.00 bits per heavy atom. The van der Waals surface area contributed by atoms with E-state index in [4.69, 9.17) is 0 Å². The van der Waals surface area contributed by atoms with Crippen molar-refractivity contribution in [1.29, 1.82) is 0 Å². The van der Waals surface area contributed by atoms with Gasteiger partial charge in [-0.15, -0.1) is 0 Å². The van der Waals surface area contributed by atoms with E-state index in [0.29, 0.717) is 0 Å². The van der Waals surface area contributed by atoms with Gasteiger partial charge in [-0.25, -0.2) is 0 Å². The summed E-state index contributed by atoms with van der Waals surface area (Å²) < 4.78 is 0. The van der Waals surface area contributed by atoms with Crippen molar-refractivity contribution in [2.45, 2.75) is 0 Å². The predicted octanol–water partition coefficient (Wildman–Crippen LogP) is -2.75. The molecule has 0 fully saturated rings. The monoisotopic (exact) mass is 336 g/mol. The summed E-state index contributed by atoms with van der Waals surface area (Å²) in [6, 6.07) is 0. The summed E-state index contributed by atoms with van der Waals surface area (Å²) in [7, 11) is 0. The first-order chi connectivity index (χ1) is 0. The van der Waals surface area contributed by atoms with Crippen molar-refractivity contribution < 1.29 is 19.5 Å². The molecule has 0 aliphatic rings. The Hall–Kier alpha value is 4.94. The molecule has 0 saturated heterocycles. The van der Waals surface area contributed by atoms with Gasteiger partial charge in [-0.2, -0.15) is 0 Å². The topological polar surface area (TPSA) is 0 Å². The van der Waals surface area contributed by atoms with E-state index in [1.807, 2.05) is 0 Å². The SMILES string of the molecule is [BaH2].[CaH2].[SrH2].[Zn]. The molecule has 0 aromatic rings. The van der Waals surface area contributed by atoms with Gasteiger partial charge in [-0.3, -0.25) is 0 Å². The average Bonchev–Trinajstić information content (AvgIpc) is 0. The van der Waals surface area contributed by atoms with Crippen LogP contribution < -0.4 is 0 Å². The maximum Gasteiger partial charge on any atom is 0 e. The molecule has 14 valence electrons. The Kier molecular flexibility index (Phi) is 90.5. The van der Waals surface area contributed by atoms with Gasteiger partial charge < -0.3 is 0 Å². The molecule has 0 spiro atoms. The molecule has 4 heavy (non-hydrogen) atoms. The van der Waals surface area contributed by atoms with Crippen LogP contribution in [0.25, 0.3) is 0 Å². The van der Waals surface area contributed by atoms with Gasteiger partial charge in [-0.1, -0.05) is 0 Å². The van der Waals surface area contributed by atoms with E-state index in [9.17, 15) is 0 Å². The molecule has 0 saturated carbocycles. The van der Waals surface area contributed by atoms with E-state index in [-0.39, 0.29) is 152 Å². The predicted molar refractivity (Wildman–Crippen MR) is 25.6 cm³/mol. The van der Waals surface area contributed by atoms with Crippen molar-refractivity contribution in [3.8, 4) is 0 Å². The summed E-state index contributed by atoms with van der Waals surface area (Å²) in [5.41, 5.74) is 0. The summed E-state index contributed by atoms with van der Waals surface area (Å²) >= 11 is 0. The Labute approximate surface area is 146 Å². The molecule has 4 heteroatoms. The van der Waals surface area contributed by atoms with Crippen LogP contribution in [0.2, 0.25) is 0 Å². The van der Waals surface area contributed by atoms with Gasteiger partial charge in [0.15, 0.2) is 0 Å². The van der Waals surface area contributed by atoms with Gasteiger partial charge in [0.25, 0.3) is 0 Å². The van der Waals surface area contributed by atoms with Gasteiger partial charge in [0.1, 0.15) is 0 Å². The van der Waals surface area contributed by atoms with Crippen molar-refractivity contribution in [3.05, 3.63) is 0 Å². The summed E-state index contributed by atoms with van der Waals surface area (Å²) in [5, 5.41) is 0. The van der Waals surface area contributed by atoms with Crippen molar-refractivity contribution in [2.75, 3.05) is 0 Å². The van der Waals surface area contributed by atoms with Gasteiger partial charge in [0.2, 0.25) is 0 Å². The van der Waals surface area contributed by atoms with E-state index in [1.165, 1.54) is 0 Å². The van der Waals surface area contributed by atoms with E-state index in [1.54, 1.807) is 0 Å². The number of rotatable bonds is 0. The minimum Gasteiger partial charge on any atom is 0 e. The van der Waals surface area contributed by atoms with Crippen molar-refractivity contribution in [1.82, 2.24) is 0 Å². The maximum atomic E-state index is 0. The molecular weight excluding hydrogens is 330 g/mol. The second kappa shape index (κ2) is 15.7. The third-order valence-electron chi connectivity index (χ3n) is 0. The molecule has 0 radical (unpaired) electrons. The molecule has 0 aliphatic heterocycles. The van der Waals surface area contributed by atoms with Crippen LogP contribution in [0.5, 0.6) is 0 Å². The summed E-state index contributed by atoms with van der Waals surface area (Å²) in [4.78, 5) is 0. The summed E-state index contributed by atoms with van der Waals surface area (Å²) in [6.45, 7) is 0. The minimum atomic E-state index is 0. The molecule has 0 unspecified atom stereocenters. The van der Waals surface area contributed by atoms with Gasteiger partial charge in [0, 0.05) is 19.5 Å². The largest absolute Gasteiger partial charge is 0 e. The van der Waals surface area contributed by atoms with Gasteiger partial charge in [-0.05, 0) is 0 Å². The van der Waals surface area contributed by atoms with Gasteiger partial charge in [0.05, 0.1) is 0 Å². The normalized spacial score (nSPS) is 0. The van der Waals surface area contributed by atoms with Crippen LogP contribution in [0.1, 0.15) is 0 Å². The van der Waals surface area contributed by atoms with E-state index in [0.717, 1.165) is 0 Å². The Morgan fingerprint density at radius 1 is 1.00 bits per heavy atom. The fourth-order valence-electron chi connectivity index (χ4n) is 0. The molecular formula is H6BaCaSrZn. The third-order valence-corrected chi connectivity index (χ3v) is 0. The van der Waals surface area contributed by atoms with Crippen LogP contribution in [-0.2, 0) is 19.5 Å². The van der Waals surface area contributed by atoms with Crippen LogP contribution in [0, 0.1) is 0 Å². The molecule has 0 aromatic heterocycles. The zero-order valence-corrected chi connectivity index (χ0v) is 3.67. The molecule has 0 nitrogen and oxygen atoms in total. The number of hydrogen-bond donors (Lipinski definition) is 0. The van der Waals surface area contributed by atoms with Crippen molar-refractivity contribution in [2.24, 2.45) is 0 Å². The van der Waals surface area contributed by atoms with E-state index in [2.05, 4.69) is 0 Å². The molecule has 0 amide bonds. The molecule has 0 atom stereocenters. The van der Waals surface area contributed by atoms with Gasteiger partial charge >= 0.3 is 132 Å². The summed E-state index contributed by atoms with van der Waals surface area (Å²) in [6.07, 6.45) is 0. The van der Waals surface area contributed by atoms with E-state index >= 15 is 0 Å². The van der Waals surface area contributed by atoms with Crippen molar-refractivity contribution >= 4 is 132 Å². The molecule has 0 bridgehead atoms. The zero-order chi connectivity index (χ0) is 0. The molecule has 0 heterocycles. The first-order valence-corrected chi connectivity index (χ1v) is 0. The smallest absolute Gasteiger partial charge is 0 e. The van der Waals surface area contributed by atoms with Crippen LogP contribution in [-0.4, -0.2) is 132 Å². The Morgan fingerprint density at radius 3 is 1.00 bits per heavy atom.